The molecule has 0 atom stereocenters. The summed E-state index contributed by atoms with van der Waals surface area (Å²) in [7, 11) is 0. The van der Waals surface area contributed by atoms with Crippen LogP contribution in [0.5, 0.6) is 0 Å². The molecule has 0 spiro atoms. The zero-order valence-electron chi connectivity index (χ0n) is 11.2. The third-order valence-electron chi connectivity index (χ3n) is 2.26. The van der Waals surface area contributed by atoms with Crippen molar-refractivity contribution in [1.29, 1.82) is 0 Å². The summed E-state index contributed by atoms with van der Waals surface area (Å²) in [5, 5.41) is 0. The van der Waals surface area contributed by atoms with Gasteiger partial charge in [0.2, 0.25) is 0 Å². The number of aryl methyl sites for hydroxylation is 2. The minimum absolute atomic E-state index is 0.166. The SMILES string of the molecule is Cc1ccc(SCC(=O)OC(C)(C)C)cc1C. The molecule has 17 heavy (non-hydrogen) atoms. The van der Waals surface area contributed by atoms with E-state index in [2.05, 4.69) is 26.0 Å². The van der Waals surface area contributed by atoms with Gasteiger partial charge >= 0.3 is 5.97 Å². The highest BCUT2D eigenvalue weighted by Crippen LogP contribution is 2.21. The predicted molar refractivity (Wildman–Crippen MR) is 72.5 cm³/mol. The molecule has 0 N–H and O–H groups in total. The fourth-order valence-corrected chi connectivity index (χ4v) is 2.08. The molecule has 0 amide bonds. The van der Waals surface area contributed by atoms with Crippen LogP contribution in [0.4, 0.5) is 0 Å². The van der Waals surface area contributed by atoms with Crippen LogP contribution in [0.2, 0.25) is 0 Å². The predicted octanol–water partition coefficient (Wildman–Crippen LogP) is 3.74. The van der Waals surface area contributed by atoms with Crippen molar-refractivity contribution in [2.75, 3.05) is 5.75 Å². The first kappa shape index (κ1) is 14.1. The van der Waals surface area contributed by atoms with Crippen LogP contribution in [0.25, 0.3) is 0 Å². The Morgan fingerprint density at radius 1 is 1.24 bits per heavy atom. The number of hydrogen-bond acceptors (Lipinski definition) is 3. The van der Waals surface area contributed by atoms with Crippen LogP contribution in [0.3, 0.4) is 0 Å². The Morgan fingerprint density at radius 2 is 1.88 bits per heavy atom. The maximum absolute atomic E-state index is 11.5. The summed E-state index contributed by atoms with van der Waals surface area (Å²) in [5.74, 6) is 0.195. The van der Waals surface area contributed by atoms with E-state index in [9.17, 15) is 4.79 Å². The molecule has 3 heteroatoms. The van der Waals surface area contributed by atoms with Crippen LogP contribution in [0, 0.1) is 13.8 Å². The van der Waals surface area contributed by atoms with Gasteiger partial charge in [-0.05, 0) is 57.9 Å². The number of thioether (sulfide) groups is 1. The van der Waals surface area contributed by atoms with Crippen molar-refractivity contribution < 1.29 is 9.53 Å². The Kier molecular flexibility index (Phi) is 4.63. The Bertz CT molecular complexity index is 405. The van der Waals surface area contributed by atoms with Crippen molar-refractivity contribution in [3.63, 3.8) is 0 Å². The van der Waals surface area contributed by atoms with Crippen molar-refractivity contribution in [2.45, 2.75) is 45.1 Å². The molecule has 94 valence electrons. The normalized spacial score (nSPS) is 11.4. The number of carbonyl (C=O) groups excluding carboxylic acids is 1. The largest absolute Gasteiger partial charge is 0.459 e. The van der Waals surface area contributed by atoms with Gasteiger partial charge < -0.3 is 4.74 Å². The molecule has 1 aromatic carbocycles. The van der Waals surface area contributed by atoms with Crippen LogP contribution in [-0.2, 0) is 9.53 Å². The summed E-state index contributed by atoms with van der Waals surface area (Å²) in [6.45, 7) is 9.80. The molecule has 1 aromatic rings. The lowest BCUT2D eigenvalue weighted by molar-refractivity contribution is -0.151. The average Bonchev–Trinajstić information content (AvgIpc) is 2.17. The quantitative estimate of drug-likeness (QED) is 0.605. The van der Waals surface area contributed by atoms with Gasteiger partial charge in [-0.2, -0.15) is 0 Å². The molecule has 0 aliphatic carbocycles. The Labute approximate surface area is 108 Å². The summed E-state index contributed by atoms with van der Waals surface area (Å²) in [6.07, 6.45) is 0. The first-order chi connectivity index (χ1) is 7.78. The van der Waals surface area contributed by atoms with Gasteiger partial charge in [0.05, 0.1) is 5.75 Å². The molecule has 0 aliphatic heterocycles. The van der Waals surface area contributed by atoms with Crippen LogP contribution < -0.4 is 0 Å². The molecule has 0 radical (unpaired) electrons. The molecule has 1 rings (SSSR count). The lowest BCUT2D eigenvalue weighted by atomic mass is 10.1. The fraction of sp³-hybridized carbons (Fsp3) is 0.500. The van der Waals surface area contributed by atoms with Crippen molar-refractivity contribution in [3.8, 4) is 0 Å². The lowest BCUT2D eigenvalue weighted by Gasteiger charge is -2.19. The molecule has 0 saturated heterocycles. The highest BCUT2D eigenvalue weighted by Gasteiger charge is 2.16. The highest BCUT2D eigenvalue weighted by atomic mass is 32.2. The number of esters is 1. The van der Waals surface area contributed by atoms with Gasteiger partial charge in [0.25, 0.3) is 0 Å². The van der Waals surface area contributed by atoms with Crippen molar-refractivity contribution in [1.82, 2.24) is 0 Å². The third-order valence-corrected chi connectivity index (χ3v) is 3.22. The molecule has 0 heterocycles. The van der Waals surface area contributed by atoms with E-state index in [0.717, 1.165) is 4.90 Å². The minimum Gasteiger partial charge on any atom is -0.459 e. The van der Waals surface area contributed by atoms with Crippen LogP contribution in [0.1, 0.15) is 31.9 Å². The second-order valence-electron chi connectivity index (χ2n) is 5.12. The van der Waals surface area contributed by atoms with Gasteiger partial charge in [0.15, 0.2) is 0 Å². The van der Waals surface area contributed by atoms with Gasteiger partial charge in [0.1, 0.15) is 5.60 Å². The van der Waals surface area contributed by atoms with E-state index in [1.54, 1.807) is 0 Å². The summed E-state index contributed by atoms with van der Waals surface area (Å²) < 4.78 is 5.25. The molecule has 0 unspecified atom stereocenters. The zero-order chi connectivity index (χ0) is 13.1. The molecular weight excluding hydrogens is 232 g/mol. The van der Waals surface area contributed by atoms with E-state index in [1.165, 1.54) is 22.9 Å². The van der Waals surface area contributed by atoms with Crippen molar-refractivity contribution >= 4 is 17.7 Å². The van der Waals surface area contributed by atoms with E-state index < -0.39 is 5.60 Å². The second-order valence-corrected chi connectivity index (χ2v) is 6.17. The standard InChI is InChI=1S/C14H20O2S/c1-10-6-7-12(8-11(10)2)17-9-13(15)16-14(3,4)5/h6-8H,9H2,1-5H3. The van der Waals surface area contributed by atoms with Crippen molar-refractivity contribution in [2.24, 2.45) is 0 Å². The van der Waals surface area contributed by atoms with Gasteiger partial charge in [-0.3, -0.25) is 4.79 Å². The van der Waals surface area contributed by atoms with E-state index in [0.29, 0.717) is 5.75 Å². The number of carbonyl (C=O) groups is 1. The number of rotatable bonds is 3. The Balaban J connectivity index is 2.50. The fourth-order valence-electron chi connectivity index (χ4n) is 1.32. The highest BCUT2D eigenvalue weighted by molar-refractivity contribution is 8.00. The van der Waals surface area contributed by atoms with Gasteiger partial charge in [0, 0.05) is 4.90 Å². The smallest absolute Gasteiger partial charge is 0.316 e. The maximum atomic E-state index is 11.5. The van der Waals surface area contributed by atoms with Crippen LogP contribution >= 0.6 is 11.8 Å². The number of ether oxygens (including phenoxy) is 1. The molecule has 0 saturated carbocycles. The molecule has 0 aliphatic rings. The first-order valence-corrected chi connectivity index (χ1v) is 6.68. The number of hydrogen-bond donors (Lipinski definition) is 0. The zero-order valence-corrected chi connectivity index (χ0v) is 12.0. The summed E-state index contributed by atoms with van der Waals surface area (Å²) >= 11 is 1.52. The topological polar surface area (TPSA) is 26.3 Å². The van der Waals surface area contributed by atoms with Crippen LogP contribution in [0.15, 0.2) is 23.1 Å². The third kappa shape index (κ3) is 5.26. The van der Waals surface area contributed by atoms with E-state index >= 15 is 0 Å². The molecular formula is C14H20O2S. The van der Waals surface area contributed by atoms with Gasteiger partial charge in [-0.15, -0.1) is 11.8 Å². The van der Waals surface area contributed by atoms with E-state index in [-0.39, 0.29) is 5.97 Å². The summed E-state index contributed by atoms with van der Waals surface area (Å²) in [5.41, 5.74) is 2.12. The van der Waals surface area contributed by atoms with Gasteiger partial charge in [-0.1, -0.05) is 6.07 Å². The maximum Gasteiger partial charge on any atom is 0.316 e. The lowest BCUT2D eigenvalue weighted by Crippen LogP contribution is -2.24. The molecule has 0 bridgehead atoms. The summed E-state index contributed by atoms with van der Waals surface area (Å²) in [4.78, 5) is 12.7. The second kappa shape index (κ2) is 5.58. The van der Waals surface area contributed by atoms with E-state index in [1.807, 2.05) is 26.8 Å². The molecule has 0 fully saturated rings. The van der Waals surface area contributed by atoms with Crippen molar-refractivity contribution in [3.05, 3.63) is 29.3 Å². The molecule has 2 nitrogen and oxygen atoms in total. The molecule has 0 aromatic heterocycles. The van der Waals surface area contributed by atoms with E-state index in [4.69, 9.17) is 4.74 Å². The summed E-state index contributed by atoms with van der Waals surface area (Å²) in [6, 6.07) is 6.22. The number of benzene rings is 1. The Morgan fingerprint density at radius 3 is 2.41 bits per heavy atom. The monoisotopic (exact) mass is 252 g/mol. The Hall–Kier alpha value is -0.960. The first-order valence-electron chi connectivity index (χ1n) is 5.70. The minimum atomic E-state index is -0.402. The average molecular weight is 252 g/mol. The van der Waals surface area contributed by atoms with Gasteiger partial charge in [-0.25, -0.2) is 0 Å². The van der Waals surface area contributed by atoms with Crippen LogP contribution in [-0.4, -0.2) is 17.3 Å².